The summed E-state index contributed by atoms with van der Waals surface area (Å²) in [5.74, 6) is 1.17. The van der Waals surface area contributed by atoms with E-state index in [2.05, 4.69) is 13.1 Å². The Morgan fingerprint density at radius 1 is 1.40 bits per heavy atom. The first-order valence-electron chi connectivity index (χ1n) is 9.04. The maximum atomic E-state index is 11.6. The van der Waals surface area contributed by atoms with Gasteiger partial charge >= 0.3 is 5.97 Å². The number of hydrogen-bond donors (Lipinski definition) is 2. The smallest absolute Gasteiger partial charge is 0.303 e. The zero-order valence-electron chi connectivity index (χ0n) is 14.5. The molecule has 25 heavy (non-hydrogen) atoms. The number of likely N-dealkylation sites (tertiary alicyclic amines) is 1. The molecule has 2 aliphatic heterocycles. The number of phenols is 1. The highest BCUT2D eigenvalue weighted by molar-refractivity contribution is 5.67. The number of esters is 1. The van der Waals surface area contributed by atoms with Crippen LogP contribution in [0.25, 0.3) is 0 Å². The molecule has 1 unspecified atom stereocenters. The molecule has 4 aliphatic rings. The molecule has 5 rings (SSSR count). The van der Waals surface area contributed by atoms with Gasteiger partial charge in [-0.3, -0.25) is 4.79 Å². The summed E-state index contributed by atoms with van der Waals surface area (Å²) in [5, 5.41) is 10.4. The fourth-order valence-corrected chi connectivity index (χ4v) is 6.18. The zero-order chi connectivity index (χ0) is 16.6. The summed E-state index contributed by atoms with van der Waals surface area (Å²) < 4.78 is 12.0. The van der Waals surface area contributed by atoms with Crippen LogP contribution in [0, 0.1) is 5.92 Å². The van der Waals surface area contributed by atoms with E-state index in [-0.39, 0.29) is 46.3 Å². The van der Waals surface area contributed by atoms with Crippen molar-refractivity contribution in [3.05, 3.63) is 23.3 Å². The zero-order valence-corrected chi connectivity index (χ0v) is 16.1. The average Bonchev–Trinajstić information content (AvgIpc) is 2.89. The maximum Gasteiger partial charge on any atom is 0.303 e. The number of rotatable bonds is 1. The van der Waals surface area contributed by atoms with Crippen LogP contribution in [0.1, 0.15) is 37.3 Å². The molecule has 0 amide bonds. The van der Waals surface area contributed by atoms with E-state index in [9.17, 15) is 9.90 Å². The minimum atomic E-state index is -0.246. The molecule has 2 fully saturated rings. The third kappa shape index (κ3) is 2.07. The number of aromatic hydroxyl groups is 1. The van der Waals surface area contributed by atoms with Crippen LogP contribution in [-0.2, 0) is 21.4 Å². The van der Waals surface area contributed by atoms with E-state index in [0.717, 1.165) is 32.2 Å². The summed E-state index contributed by atoms with van der Waals surface area (Å²) in [7, 11) is 2.30. The molecule has 2 heterocycles. The molecule has 5 nitrogen and oxygen atoms in total. The van der Waals surface area contributed by atoms with Gasteiger partial charge in [-0.2, -0.15) is 0 Å². The number of carbonyl (C=O) groups is 1. The van der Waals surface area contributed by atoms with E-state index in [1.165, 1.54) is 18.1 Å². The number of benzene rings is 1. The molecule has 1 spiro atoms. The fraction of sp³-hybridized carbons (Fsp3) is 0.632. The first kappa shape index (κ1) is 17.2. The summed E-state index contributed by atoms with van der Waals surface area (Å²) in [6.07, 6.45) is 3.63. The Morgan fingerprint density at radius 3 is 2.96 bits per heavy atom. The summed E-state index contributed by atoms with van der Waals surface area (Å²) in [6, 6.07) is 4.42. The van der Waals surface area contributed by atoms with Crippen molar-refractivity contribution in [2.45, 2.75) is 56.3 Å². The SMILES string of the molecule is CC(=O)O[C@H]1CC[C@H]2[C@H]3Cc4ccc(O)c5c4[C@@]2(CC[NH+]3C)[C@H]1O5.[Br-]. The molecule has 6 atom stereocenters. The lowest BCUT2D eigenvalue weighted by Gasteiger charge is -2.56. The molecule has 1 saturated heterocycles. The van der Waals surface area contributed by atoms with Crippen molar-refractivity contribution in [3.63, 3.8) is 0 Å². The van der Waals surface area contributed by atoms with Crippen molar-refractivity contribution in [1.29, 1.82) is 0 Å². The Hall–Kier alpha value is -1.27. The number of nitrogens with one attached hydrogen (secondary N) is 1. The minimum absolute atomic E-state index is 0. The van der Waals surface area contributed by atoms with Crippen molar-refractivity contribution in [2.75, 3.05) is 13.6 Å². The first-order valence-corrected chi connectivity index (χ1v) is 9.04. The van der Waals surface area contributed by atoms with Crippen LogP contribution >= 0.6 is 0 Å². The van der Waals surface area contributed by atoms with Crippen molar-refractivity contribution in [3.8, 4) is 11.5 Å². The molecule has 2 N–H and O–H groups in total. The van der Waals surface area contributed by atoms with E-state index in [1.54, 1.807) is 11.0 Å². The number of piperidine rings is 1. The normalized spacial score (nSPS) is 39.7. The van der Waals surface area contributed by atoms with Crippen molar-refractivity contribution in [2.24, 2.45) is 5.92 Å². The lowest BCUT2D eigenvalue weighted by molar-refractivity contribution is -0.919. The Labute approximate surface area is 158 Å². The Bertz CT molecular complexity index is 738. The predicted octanol–water partition coefficient (Wildman–Crippen LogP) is -2.42. The maximum absolute atomic E-state index is 11.6. The summed E-state index contributed by atoms with van der Waals surface area (Å²) in [6.45, 7) is 2.57. The van der Waals surface area contributed by atoms with Gasteiger partial charge in [0.2, 0.25) is 0 Å². The first-order chi connectivity index (χ1) is 11.5. The van der Waals surface area contributed by atoms with E-state index >= 15 is 0 Å². The number of ether oxygens (including phenoxy) is 2. The second kappa shape index (κ2) is 5.61. The molecule has 1 saturated carbocycles. The van der Waals surface area contributed by atoms with Gasteiger partial charge in [-0.1, -0.05) is 6.07 Å². The van der Waals surface area contributed by atoms with Crippen LogP contribution < -0.4 is 26.6 Å². The molecular weight excluding hydrogens is 386 g/mol. The van der Waals surface area contributed by atoms with Gasteiger partial charge in [0.05, 0.1) is 25.0 Å². The standard InChI is InChI=1S/C19H23NO4.BrH/c1-10(21)23-15-6-4-12-13-9-11-3-5-14(22)17-16(11)19(12,18(15)24-17)7-8-20(13)2;/h3,5,12-13,15,18,22H,4,6-9H2,1-2H3;1H/t12-,13+,15-,18-,19-;/m0./s1. The molecule has 1 aromatic rings. The van der Waals surface area contributed by atoms with Gasteiger partial charge in [-0.05, 0) is 24.5 Å². The third-order valence-corrected chi connectivity index (χ3v) is 7.01. The number of phenolic OH excluding ortho intramolecular Hbond substituents is 1. The molecule has 6 heteroatoms. The van der Waals surface area contributed by atoms with Crippen LogP contribution in [0.2, 0.25) is 0 Å². The van der Waals surface area contributed by atoms with E-state index in [4.69, 9.17) is 9.47 Å². The van der Waals surface area contributed by atoms with Crippen LogP contribution in [0.3, 0.4) is 0 Å². The van der Waals surface area contributed by atoms with Crippen molar-refractivity contribution >= 4 is 5.97 Å². The number of quaternary nitrogens is 1. The topological polar surface area (TPSA) is 60.2 Å². The van der Waals surface area contributed by atoms with Crippen LogP contribution in [0.4, 0.5) is 0 Å². The number of likely N-dealkylation sites (N-methyl/N-ethyl adjacent to an activating group) is 1. The van der Waals surface area contributed by atoms with E-state index < -0.39 is 0 Å². The van der Waals surface area contributed by atoms with Crippen LogP contribution in [-0.4, -0.2) is 42.9 Å². The van der Waals surface area contributed by atoms with E-state index in [1.807, 2.05) is 0 Å². The number of hydrogen-bond acceptors (Lipinski definition) is 4. The van der Waals surface area contributed by atoms with E-state index in [0.29, 0.717) is 17.7 Å². The lowest BCUT2D eigenvalue weighted by Crippen LogP contribution is -3.16. The van der Waals surface area contributed by atoms with Gasteiger partial charge in [0.25, 0.3) is 0 Å². The quantitative estimate of drug-likeness (QED) is 0.507. The lowest BCUT2D eigenvalue weighted by atomic mass is 9.51. The van der Waals surface area contributed by atoms with Gasteiger partial charge in [0.15, 0.2) is 11.5 Å². The number of halogens is 1. The van der Waals surface area contributed by atoms with Gasteiger partial charge in [-0.25, -0.2) is 0 Å². The Kier molecular flexibility index (Phi) is 3.85. The molecule has 2 aliphatic carbocycles. The largest absolute Gasteiger partial charge is 1.00 e. The molecule has 0 radical (unpaired) electrons. The second-order valence-electron chi connectivity index (χ2n) is 8.02. The molecule has 1 aromatic carbocycles. The van der Waals surface area contributed by atoms with Crippen LogP contribution in [0.5, 0.6) is 11.5 Å². The van der Waals surface area contributed by atoms with Gasteiger partial charge in [-0.15, -0.1) is 0 Å². The second-order valence-corrected chi connectivity index (χ2v) is 8.02. The van der Waals surface area contributed by atoms with Crippen molar-refractivity contribution in [1.82, 2.24) is 0 Å². The van der Waals surface area contributed by atoms with Gasteiger partial charge in [0.1, 0.15) is 12.2 Å². The summed E-state index contributed by atoms with van der Waals surface area (Å²) in [5.41, 5.74) is 2.44. The number of carbonyl (C=O) groups excluding carboxylic acids is 1. The summed E-state index contributed by atoms with van der Waals surface area (Å²) in [4.78, 5) is 13.2. The van der Waals surface area contributed by atoms with Gasteiger partial charge in [0, 0.05) is 31.2 Å². The minimum Gasteiger partial charge on any atom is -1.00 e. The highest BCUT2D eigenvalue weighted by Gasteiger charge is 2.67. The molecule has 0 aromatic heterocycles. The summed E-state index contributed by atoms with van der Waals surface area (Å²) >= 11 is 0. The Morgan fingerprint density at radius 2 is 2.20 bits per heavy atom. The highest BCUT2D eigenvalue weighted by atomic mass is 79.9. The Balaban J connectivity index is 0.00000157. The molecule has 2 bridgehead atoms. The fourth-order valence-electron chi connectivity index (χ4n) is 6.18. The average molecular weight is 410 g/mol. The third-order valence-electron chi connectivity index (χ3n) is 7.01. The monoisotopic (exact) mass is 409 g/mol. The van der Waals surface area contributed by atoms with Crippen molar-refractivity contribution < 1.29 is 41.3 Å². The molecule has 136 valence electrons. The molecular formula is C19H24BrNO4. The highest BCUT2D eigenvalue weighted by Crippen LogP contribution is 2.62. The van der Waals surface area contributed by atoms with Gasteiger partial charge < -0.3 is 36.5 Å². The van der Waals surface area contributed by atoms with Crippen LogP contribution in [0.15, 0.2) is 12.1 Å². The predicted molar refractivity (Wildman–Crippen MR) is 86.3 cm³/mol.